The second kappa shape index (κ2) is 5.80. The average Bonchev–Trinajstić information content (AvgIpc) is 3.30. The van der Waals surface area contributed by atoms with Crippen molar-refractivity contribution < 1.29 is 19.1 Å². The van der Waals surface area contributed by atoms with E-state index < -0.39 is 18.3 Å². The van der Waals surface area contributed by atoms with Crippen molar-refractivity contribution in [2.75, 3.05) is 25.1 Å². The first-order chi connectivity index (χ1) is 11.1. The Kier molecular flexibility index (Phi) is 3.82. The highest BCUT2D eigenvalue weighted by Gasteiger charge is 2.52. The number of rotatable bonds is 4. The fraction of sp³-hybridized carbons (Fsp3) is 0.438. The van der Waals surface area contributed by atoms with Gasteiger partial charge in [0.15, 0.2) is 0 Å². The van der Waals surface area contributed by atoms with Gasteiger partial charge in [0, 0.05) is 24.1 Å². The number of ether oxygens (including phenoxy) is 2. The Labute approximate surface area is 134 Å². The molecule has 1 aliphatic heterocycles. The zero-order valence-corrected chi connectivity index (χ0v) is 12.7. The normalized spacial score (nSPS) is 21.3. The summed E-state index contributed by atoms with van der Waals surface area (Å²) in [4.78, 5) is 28.2. The van der Waals surface area contributed by atoms with Crippen molar-refractivity contribution in [3.8, 4) is 0 Å². The molecule has 1 N–H and O–H groups in total. The van der Waals surface area contributed by atoms with Gasteiger partial charge in [-0.2, -0.15) is 0 Å². The minimum absolute atomic E-state index is 0.202. The van der Waals surface area contributed by atoms with Crippen molar-refractivity contribution in [1.82, 2.24) is 5.32 Å². The molecule has 2 amide bonds. The van der Waals surface area contributed by atoms with Gasteiger partial charge in [0.2, 0.25) is 0 Å². The first-order valence-corrected chi connectivity index (χ1v) is 7.37. The maximum absolute atomic E-state index is 12.0. The molecular formula is C16H17N3O4. The summed E-state index contributed by atoms with van der Waals surface area (Å²) >= 11 is 0. The van der Waals surface area contributed by atoms with Crippen molar-refractivity contribution in [2.24, 2.45) is 0 Å². The summed E-state index contributed by atoms with van der Waals surface area (Å²) in [7, 11) is 1.28. The van der Waals surface area contributed by atoms with Crippen LogP contribution in [-0.4, -0.2) is 38.5 Å². The highest BCUT2D eigenvalue weighted by molar-refractivity contribution is 5.89. The maximum atomic E-state index is 12.0. The first kappa shape index (κ1) is 15.2. The predicted molar refractivity (Wildman–Crippen MR) is 82.0 cm³/mol. The van der Waals surface area contributed by atoms with E-state index in [9.17, 15) is 9.59 Å². The molecule has 2 aliphatic rings. The lowest BCUT2D eigenvalue weighted by Gasteiger charge is -2.14. The number of cyclic esters (lactones) is 1. The summed E-state index contributed by atoms with van der Waals surface area (Å²) in [5.41, 5.74) is 1.37. The van der Waals surface area contributed by atoms with Crippen molar-refractivity contribution in [1.29, 1.82) is 0 Å². The highest BCUT2D eigenvalue weighted by Crippen LogP contribution is 2.49. The fourth-order valence-corrected chi connectivity index (χ4v) is 2.64. The van der Waals surface area contributed by atoms with Crippen LogP contribution in [0.1, 0.15) is 18.4 Å². The van der Waals surface area contributed by atoms with Gasteiger partial charge in [-0.15, -0.1) is 0 Å². The molecule has 1 aromatic rings. The first-order valence-electron chi connectivity index (χ1n) is 7.37. The Morgan fingerprint density at radius 2 is 2.17 bits per heavy atom. The predicted octanol–water partition coefficient (Wildman–Crippen LogP) is 2.28. The number of hydrogen-bond donors (Lipinski definition) is 1. The van der Waals surface area contributed by atoms with Crippen LogP contribution in [0.25, 0.3) is 4.85 Å². The van der Waals surface area contributed by atoms with E-state index in [4.69, 9.17) is 11.3 Å². The van der Waals surface area contributed by atoms with Crippen LogP contribution in [0.5, 0.6) is 0 Å². The summed E-state index contributed by atoms with van der Waals surface area (Å²) in [6, 6.07) is 7.46. The molecular weight excluding hydrogens is 298 g/mol. The highest BCUT2D eigenvalue weighted by atomic mass is 16.6. The lowest BCUT2D eigenvalue weighted by Crippen LogP contribution is -2.34. The zero-order valence-electron chi connectivity index (χ0n) is 12.7. The van der Waals surface area contributed by atoms with E-state index in [0.29, 0.717) is 6.54 Å². The van der Waals surface area contributed by atoms with Crippen molar-refractivity contribution in [2.45, 2.75) is 24.5 Å². The van der Waals surface area contributed by atoms with E-state index in [2.05, 4.69) is 14.9 Å². The smallest absolute Gasteiger partial charge is 0.414 e. The average molecular weight is 315 g/mol. The van der Waals surface area contributed by atoms with Gasteiger partial charge < -0.3 is 19.6 Å². The quantitative estimate of drug-likeness (QED) is 0.865. The van der Waals surface area contributed by atoms with Gasteiger partial charge in [-0.3, -0.25) is 4.90 Å². The minimum atomic E-state index is -0.558. The number of hydrogen-bond acceptors (Lipinski definition) is 4. The topological polar surface area (TPSA) is 72.2 Å². The van der Waals surface area contributed by atoms with Gasteiger partial charge >= 0.3 is 12.2 Å². The SMILES string of the molecule is [C-]#[N+]C1(c2ccc(N3C[C@H](CNC(=O)OC)OC3=O)cc2)CC1. The molecule has 3 rings (SSSR count). The number of methoxy groups -OCH3 is 1. The van der Waals surface area contributed by atoms with Crippen LogP contribution in [0.2, 0.25) is 0 Å². The zero-order chi connectivity index (χ0) is 16.4. The van der Waals surface area contributed by atoms with Crippen molar-refractivity contribution in [3.63, 3.8) is 0 Å². The third kappa shape index (κ3) is 2.93. The van der Waals surface area contributed by atoms with Crippen LogP contribution in [0.15, 0.2) is 24.3 Å². The molecule has 1 atom stereocenters. The summed E-state index contributed by atoms with van der Waals surface area (Å²) in [5, 5.41) is 2.51. The largest absolute Gasteiger partial charge is 0.453 e. The number of nitrogens with zero attached hydrogens (tertiary/aromatic N) is 2. The molecule has 1 heterocycles. The summed E-state index contributed by atoms with van der Waals surface area (Å²) in [6.45, 7) is 7.84. The number of carbonyl (C=O) groups excluding carboxylic acids is 2. The molecule has 7 nitrogen and oxygen atoms in total. The van der Waals surface area contributed by atoms with Crippen molar-refractivity contribution in [3.05, 3.63) is 41.2 Å². The third-order valence-electron chi connectivity index (χ3n) is 4.19. The Balaban J connectivity index is 1.64. The van der Waals surface area contributed by atoms with Crippen LogP contribution < -0.4 is 10.2 Å². The molecule has 1 saturated heterocycles. The minimum Gasteiger partial charge on any atom is -0.453 e. The maximum Gasteiger partial charge on any atom is 0.414 e. The molecule has 0 aromatic heterocycles. The van der Waals surface area contributed by atoms with E-state index >= 15 is 0 Å². The monoisotopic (exact) mass is 315 g/mol. The van der Waals surface area contributed by atoms with E-state index in [1.54, 1.807) is 0 Å². The molecule has 1 saturated carbocycles. The van der Waals surface area contributed by atoms with Gasteiger partial charge in [-0.05, 0) is 24.3 Å². The molecule has 1 aliphatic carbocycles. The van der Waals surface area contributed by atoms with Gasteiger partial charge in [0.05, 0.1) is 20.2 Å². The Bertz CT molecular complexity index is 661. The molecule has 0 unspecified atom stereocenters. The van der Waals surface area contributed by atoms with Crippen LogP contribution >= 0.6 is 0 Å². The number of benzene rings is 1. The van der Waals surface area contributed by atoms with E-state index in [1.165, 1.54) is 12.0 Å². The molecule has 7 heteroatoms. The van der Waals surface area contributed by atoms with Gasteiger partial charge in [-0.25, -0.2) is 16.2 Å². The molecule has 120 valence electrons. The molecule has 0 spiro atoms. The fourth-order valence-electron chi connectivity index (χ4n) is 2.64. The van der Waals surface area contributed by atoms with Crippen LogP contribution in [-0.2, 0) is 15.0 Å². The Morgan fingerprint density at radius 3 is 2.74 bits per heavy atom. The van der Waals surface area contributed by atoms with Gasteiger partial charge in [0.25, 0.3) is 5.54 Å². The lowest BCUT2D eigenvalue weighted by atomic mass is 10.1. The molecule has 2 fully saturated rings. The van der Waals surface area contributed by atoms with E-state index in [0.717, 1.165) is 24.1 Å². The number of alkyl carbamates (subject to hydrolysis) is 1. The number of amides is 2. The summed E-state index contributed by atoms with van der Waals surface area (Å²) in [5.74, 6) is 0. The van der Waals surface area contributed by atoms with Crippen LogP contribution in [0.4, 0.5) is 15.3 Å². The molecule has 1 aromatic carbocycles. The second-order valence-corrected chi connectivity index (χ2v) is 5.68. The number of carbonyl (C=O) groups is 2. The summed E-state index contributed by atoms with van der Waals surface area (Å²) < 4.78 is 9.70. The molecule has 23 heavy (non-hydrogen) atoms. The summed E-state index contributed by atoms with van der Waals surface area (Å²) in [6.07, 6.45) is 0.365. The van der Waals surface area contributed by atoms with E-state index in [1.807, 2.05) is 24.3 Å². The number of anilines is 1. The molecule has 0 bridgehead atoms. The van der Waals surface area contributed by atoms with Crippen molar-refractivity contribution >= 4 is 17.9 Å². The second-order valence-electron chi connectivity index (χ2n) is 5.68. The van der Waals surface area contributed by atoms with E-state index in [-0.39, 0.29) is 12.1 Å². The lowest BCUT2D eigenvalue weighted by molar-refractivity contribution is 0.132. The van der Waals surface area contributed by atoms with Gasteiger partial charge in [-0.1, -0.05) is 0 Å². The molecule has 0 radical (unpaired) electrons. The standard InChI is InChI=1S/C16H17N3O4/c1-17-16(7-8-16)11-3-5-12(6-4-11)19-10-13(23-15(19)21)9-18-14(20)22-2/h3-6,13H,7-10H2,2H3,(H,18,20)/t13-/m0/s1. The van der Waals surface area contributed by atoms with Gasteiger partial charge in [0.1, 0.15) is 6.10 Å². The Morgan fingerprint density at radius 1 is 1.48 bits per heavy atom. The Hall–Kier alpha value is -2.75. The van der Waals surface area contributed by atoms with Crippen LogP contribution in [0, 0.1) is 6.57 Å². The number of nitrogens with one attached hydrogen (secondary N) is 1. The van der Waals surface area contributed by atoms with Crippen LogP contribution in [0.3, 0.4) is 0 Å². The third-order valence-corrected chi connectivity index (χ3v) is 4.19.